The van der Waals surface area contributed by atoms with E-state index in [9.17, 15) is 4.79 Å². The van der Waals surface area contributed by atoms with Gasteiger partial charge in [0.05, 0.1) is 5.69 Å². The smallest absolute Gasteiger partial charge is 0.227 e. The fraction of sp³-hybridized carbons (Fsp3) is 0.333. The van der Waals surface area contributed by atoms with Gasteiger partial charge in [0.2, 0.25) is 5.91 Å². The first kappa shape index (κ1) is 12.6. The summed E-state index contributed by atoms with van der Waals surface area (Å²) in [5.74, 6) is 0.289. The summed E-state index contributed by atoms with van der Waals surface area (Å²) in [6.45, 7) is 3.05. The van der Waals surface area contributed by atoms with Crippen molar-refractivity contribution in [3.8, 4) is 11.1 Å². The standard InChI is InChI=1S/C18H18N2O/c1-2-14-15-7-9-20-17(21)6-5-12(18(15)20)10-16(14)13-4-3-8-19-11-13/h3-4,8,10-11H,2,5-7,9H2,1H3. The predicted octanol–water partition coefficient (Wildman–Crippen LogP) is 3.15. The molecule has 0 unspecified atom stereocenters. The predicted molar refractivity (Wildman–Crippen MR) is 83.4 cm³/mol. The van der Waals surface area contributed by atoms with Crippen molar-refractivity contribution >= 4 is 11.6 Å². The lowest BCUT2D eigenvalue weighted by Crippen LogP contribution is -2.32. The molecule has 2 aliphatic rings. The summed E-state index contributed by atoms with van der Waals surface area (Å²) in [5, 5.41) is 0. The second kappa shape index (κ2) is 4.69. The molecule has 21 heavy (non-hydrogen) atoms. The van der Waals surface area contributed by atoms with Gasteiger partial charge in [0.1, 0.15) is 0 Å². The lowest BCUT2D eigenvalue weighted by molar-refractivity contribution is -0.118. The van der Waals surface area contributed by atoms with Crippen molar-refractivity contribution < 1.29 is 4.79 Å². The van der Waals surface area contributed by atoms with Crippen LogP contribution in [0.5, 0.6) is 0 Å². The number of aromatic nitrogens is 1. The van der Waals surface area contributed by atoms with Gasteiger partial charge in [-0.15, -0.1) is 0 Å². The number of hydrogen-bond acceptors (Lipinski definition) is 2. The molecule has 0 fully saturated rings. The molecule has 1 aromatic heterocycles. The molecule has 3 heteroatoms. The second-order valence-electron chi connectivity index (χ2n) is 5.78. The number of hydrogen-bond donors (Lipinski definition) is 0. The Kier molecular flexibility index (Phi) is 2.81. The van der Waals surface area contributed by atoms with Crippen LogP contribution in [0.4, 0.5) is 5.69 Å². The van der Waals surface area contributed by atoms with Crippen molar-refractivity contribution in [1.82, 2.24) is 4.98 Å². The quantitative estimate of drug-likeness (QED) is 0.845. The largest absolute Gasteiger partial charge is 0.312 e. The van der Waals surface area contributed by atoms with Crippen LogP contribution in [0.1, 0.15) is 30.0 Å². The first-order valence-corrected chi connectivity index (χ1v) is 7.68. The van der Waals surface area contributed by atoms with E-state index in [1.807, 2.05) is 23.4 Å². The summed E-state index contributed by atoms with van der Waals surface area (Å²) in [4.78, 5) is 18.4. The number of amides is 1. The van der Waals surface area contributed by atoms with Gasteiger partial charge < -0.3 is 4.90 Å². The summed E-state index contributed by atoms with van der Waals surface area (Å²) in [6.07, 6.45) is 7.25. The molecule has 2 aliphatic heterocycles. The Morgan fingerprint density at radius 1 is 1.29 bits per heavy atom. The highest BCUT2D eigenvalue weighted by Crippen LogP contribution is 2.42. The number of carbonyl (C=O) groups is 1. The van der Waals surface area contributed by atoms with E-state index in [0.717, 1.165) is 25.8 Å². The first-order valence-electron chi connectivity index (χ1n) is 7.68. The van der Waals surface area contributed by atoms with Crippen molar-refractivity contribution in [3.63, 3.8) is 0 Å². The molecular formula is C18H18N2O. The van der Waals surface area contributed by atoms with Gasteiger partial charge in [0, 0.05) is 30.9 Å². The maximum absolute atomic E-state index is 12.1. The van der Waals surface area contributed by atoms with Crippen LogP contribution in [-0.2, 0) is 24.1 Å². The Labute approximate surface area is 124 Å². The number of anilines is 1. The van der Waals surface area contributed by atoms with Crippen molar-refractivity contribution in [2.24, 2.45) is 0 Å². The van der Waals surface area contributed by atoms with Crippen molar-refractivity contribution in [2.45, 2.75) is 32.6 Å². The minimum absolute atomic E-state index is 0.289. The van der Waals surface area contributed by atoms with E-state index in [2.05, 4.69) is 24.0 Å². The molecule has 0 radical (unpaired) electrons. The van der Waals surface area contributed by atoms with Crippen LogP contribution in [0.25, 0.3) is 11.1 Å². The van der Waals surface area contributed by atoms with Gasteiger partial charge in [-0.25, -0.2) is 0 Å². The monoisotopic (exact) mass is 278 g/mol. The lowest BCUT2D eigenvalue weighted by Gasteiger charge is -2.27. The maximum Gasteiger partial charge on any atom is 0.227 e. The van der Waals surface area contributed by atoms with Gasteiger partial charge in [-0.1, -0.05) is 13.0 Å². The van der Waals surface area contributed by atoms with Crippen LogP contribution in [0.15, 0.2) is 30.6 Å². The van der Waals surface area contributed by atoms with E-state index in [-0.39, 0.29) is 5.91 Å². The summed E-state index contributed by atoms with van der Waals surface area (Å²) >= 11 is 0. The normalized spacial score (nSPS) is 16.2. The number of aryl methyl sites for hydroxylation is 1. The fourth-order valence-corrected chi connectivity index (χ4v) is 3.77. The molecule has 3 heterocycles. The van der Waals surface area contributed by atoms with Gasteiger partial charge in [-0.3, -0.25) is 9.78 Å². The van der Waals surface area contributed by atoms with Gasteiger partial charge in [0.25, 0.3) is 0 Å². The topological polar surface area (TPSA) is 33.2 Å². The third-order valence-electron chi connectivity index (χ3n) is 4.69. The summed E-state index contributed by atoms with van der Waals surface area (Å²) < 4.78 is 0. The third-order valence-corrected chi connectivity index (χ3v) is 4.69. The zero-order chi connectivity index (χ0) is 14.4. The molecule has 1 amide bonds. The molecule has 4 rings (SSSR count). The van der Waals surface area contributed by atoms with Crippen LogP contribution in [0.2, 0.25) is 0 Å². The second-order valence-corrected chi connectivity index (χ2v) is 5.78. The van der Waals surface area contributed by atoms with Crippen molar-refractivity contribution in [1.29, 1.82) is 0 Å². The Hall–Kier alpha value is -2.16. The number of benzene rings is 1. The molecule has 2 aromatic rings. The molecule has 106 valence electrons. The Morgan fingerprint density at radius 2 is 2.19 bits per heavy atom. The van der Waals surface area contributed by atoms with Crippen LogP contribution in [-0.4, -0.2) is 17.4 Å². The Balaban J connectivity index is 1.97. The molecule has 0 aliphatic carbocycles. The Bertz CT molecular complexity index is 722. The van der Waals surface area contributed by atoms with E-state index < -0.39 is 0 Å². The molecule has 0 saturated heterocycles. The third kappa shape index (κ3) is 1.80. The van der Waals surface area contributed by atoms with E-state index >= 15 is 0 Å². The molecule has 3 nitrogen and oxygen atoms in total. The fourth-order valence-electron chi connectivity index (χ4n) is 3.77. The molecule has 0 bridgehead atoms. The van der Waals surface area contributed by atoms with Crippen LogP contribution in [0.3, 0.4) is 0 Å². The minimum atomic E-state index is 0.289. The zero-order valence-corrected chi connectivity index (χ0v) is 12.2. The molecule has 0 spiro atoms. The van der Waals surface area contributed by atoms with E-state index in [1.54, 1.807) is 0 Å². The summed E-state index contributed by atoms with van der Waals surface area (Å²) in [6, 6.07) is 6.41. The summed E-state index contributed by atoms with van der Waals surface area (Å²) in [7, 11) is 0. The van der Waals surface area contributed by atoms with Crippen LogP contribution in [0, 0.1) is 0 Å². The van der Waals surface area contributed by atoms with Gasteiger partial charge in [-0.2, -0.15) is 0 Å². The molecule has 1 aromatic carbocycles. The summed E-state index contributed by atoms with van der Waals surface area (Å²) in [5.41, 5.74) is 7.81. The van der Waals surface area contributed by atoms with Gasteiger partial charge in [-0.05, 0) is 53.6 Å². The molecule has 0 N–H and O–H groups in total. The highest BCUT2D eigenvalue weighted by molar-refractivity contribution is 6.00. The average Bonchev–Trinajstić information content (AvgIpc) is 2.98. The van der Waals surface area contributed by atoms with E-state index in [0.29, 0.717) is 6.42 Å². The van der Waals surface area contributed by atoms with Crippen molar-refractivity contribution in [2.75, 3.05) is 11.4 Å². The lowest BCUT2D eigenvalue weighted by atomic mass is 9.88. The number of nitrogens with zero attached hydrogens (tertiary/aromatic N) is 2. The van der Waals surface area contributed by atoms with Gasteiger partial charge in [0.15, 0.2) is 0 Å². The molecular weight excluding hydrogens is 260 g/mol. The zero-order valence-electron chi connectivity index (χ0n) is 12.2. The maximum atomic E-state index is 12.1. The molecule has 0 saturated carbocycles. The highest BCUT2D eigenvalue weighted by Gasteiger charge is 2.33. The molecule has 0 atom stereocenters. The average molecular weight is 278 g/mol. The van der Waals surface area contributed by atoms with Crippen LogP contribution < -0.4 is 4.90 Å². The van der Waals surface area contributed by atoms with E-state index in [1.165, 1.54) is 33.5 Å². The highest BCUT2D eigenvalue weighted by atomic mass is 16.2. The van der Waals surface area contributed by atoms with Crippen LogP contribution >= 0.6 is 0 Å². The number of pyridine rings is 1. The minimum Gasteiger partial charge on any atom is -0.312 e. The van der Waals surface area contributed by atoms with Gasteiger partial charge >= 0.3 is 0 Å². The number of carbonyl (C=O) groups excluding carboxylic acids is 1. The van der Waals surface area contributed by atoms with Crippen molar-refractivity contribution in [3.05, 3.63) is 47.3 Å². The van der Waals surface area contributed by atoms with E-state index in [4.69, 9.17) is 0 Å². The first-order chi connectivity index (χ1) is 10.3. The Morgan fingerprint density at radius 3 is 2.95 bits per heavy atom. The SMILES string of the molecule is CCc1c(-c2cccnc2)cc2c3c1CCN3C(=O)CC2. The number of rotatable bonds is 2.